The van der Waals surface area contributed by atoms with Gasteiger partial charge in [0.2, 0.25) is 15.9 Å². The second-order valence-electron chi connectivity index (χ2n) is 7.91. The lowest BCUT2D eigenvalue weighted by molar-refractivity contribution is -0.116. The van der Waals surface area contributed by atoms with Gasteiger partial charge in [0.05, 0.1) is 16.8 Å². The number of nitrogens with zero attached hydrogens (tertiary/aromatic N) is 4. The van der Waals surface area contributed by atoms with Gasteiger partial charge >= 0.3 is 0 Å². The van der Waals surface area contributed by atoms with Crippen LogP contribution in [0.1, 0.15) is 12.0 Å². The van der Waals surface area contributed by atoms with Gasteiger partial charge in [-0.15, -0.1) is 0 Å². The number of rotatable bonds is 7. The quantitative estimate of drug-likeness (QED) is 0.594. The molecule has 1 aromatic heterocycles. The predicted molar refractivity (Wildman–Crippen MR) is 123 cm³/mol. The summed E-state index contributed by atoms with van der Waals surface area (Å²) in [4.78, 5) is 14.8. The molecule has 0 unspecified atom stereocenters. The van der Waals surface area contributed by atoms with Gasteiger partial charge < -0.3 is 10.2 Å². The molecule has 8 nitrogen and oxygen atoms in total. The molecule has 0 spiro atoms. The van der Waals surface area contributed by atoms with Crippen LogP contribution in [0.15, 0.2) is 71.9 Å². The Bertz CT molecular complexity index is 1170. The second kappa shape index (κ2) is 9.64. The van der Waals surface area contributed by atoms with E-state index in [0.717, 1.165) is 11.3 Å². The van der Waals surface area contributed by atoms with Crippen LogP contribution in [0.2, 0.25) is 0 Å². The van der Waals surface area contributed by atoms with E-state index in [1.165, 1.54) is 10.4 Å². The highest BCUT2D eigenvalue weighted by Gasteiger charge is 2.27. The molecule has 2 heterocycles. The van der Waals surface area contributed by atoms with Crippen LogP contribution in [0, 0.1) is 0 Å². The number of para-hydroxylation sites is 1. The summed E-state index contributed by atoms with van der Waals surface area (Å²) in [5.74, 6) is -0.174. The summed E-state index contributed by atoms with van der Waals surface area (Å²) in [6.45, 7) is 2.34. The zero-order chi connectivity index (χ0) is 22.6. The van der Waals surface area contributed by atoms with E-state index in [4.69, 9.17) is 0 Å². The number of hydrogen-bond donors (Lipinski definition) is 1. The van der Waals surface area contributed by atoms with Crippen molar-refractivity contribution in [3.05, 3.63) is 72.6 Å². The number of hydrogen-bond acceptors (Lipinski definition) is 5. The van der Waals surface area contributed by atoms with E-state index in [1.807, 2.05) is 43.6 Å². The van der Waals surface area contributed by atoms with Crippen LogP contribution in [0.25, 0.3) is 5.69 Å². The third kappa shape index (κ3) is 5.24. The Labute approximate surface area is 188 Å². The molecule has 32 heavy (non-hydrogen) atoms. The molecule has 1 aliphatic rings. The molecule has 1 N–H and O–H groups in total. The molecule has 1 amide bonds. The zero-order valence-electron chi connectivity index (χ0n) is 18.0. The van der Waals surface area contributed by atoms with Crippen molar-refractivity contribution in [3.63, 3.8) is 0 Å². The SMILES string of the molecule is CN1CCN(S(=O)(=O)c2cccc(NC(=O)CCc3cnn(-c4ccccc4)c3)c2)CC1. The lowest BCUT2D eigenvalue weighted by Crippen LogP contribution is -2.47. The molecule has 0 aliphatic carbocycles. The molecule has 1 fully saturated rings. The van der Waals surface area contributed by atoms with Crippen molar-refractivity contribution in [1.82, 2.24) is 19.0 Å². The van der Waals surface area contributed by atoms with E-state index in [1.54, 1.807) is 29.1 Å². The minimum absolute atomic E-state index is 0.174. The molecular formula is C23H27N5O3S. The van der Waals surface area contributed by atoms with Crippen molar-refractivity contribution < 1.29 is 13.2 Å². The number of carbonyl (C=O) groups excluding carboxylic acids is 1. The molecule has 0 bridgehead atoms. The minimum Gasteiger partial charge on any atom is -0.326 e. The molecule has 168 valence electrons. The van der Waals surface area contributed by atoms with E-state index >= 15 is 0 Å². The van der Waals surface area contributed by atoms with Crippen LogP contribution in [0.5, 0.6) is 0 Å². The average molecular weight is 454 g/mol. The number of sulfonamides is 1. The number of anilines is 1. The second-order valence-corrected chi connectivity index (χ2v) is 9.85. The van der Waals surface area contributed by atoms with Crippen molar-refractivity contribution in [1.29, 1.82) is 0 Å². The first-order valence-electron chi connectivity index (χ1n) is 10.6. The standard InChI is InChI=1S/C23H27N5O3S/c1-26-12-14-27(15-13-26)32(30,31)22-9-5-6-20(16-22)25-23(29)11-10-19-17-24-28(18-19)21-7-3-2-4-8-21/h2-9,16-18H,10-15H2,1H3,(H,25,29). The monoisotopic (exact) mass is 453 g/mol. The van der Waals surface area contributed by atoms with E-state index < -0.39 is 10.0 Å². The first-order valence-corrected chi connectivity index (χ1v) is 12.0. The fraction of sp³-hybridized carbons (Fsp3) is 0.304. The Kier molecular flexibility index (Phi) is 6.69. The van der Waals surface area contributed by atoms with Gasteiger partial charge in [-0.05, 0) is 49.4 Å². The fourth-order valence-corrected chi connectivity index (χ4v) is 5.07. The number of aryl methyl sites for hydroxylation is 1. The molecule has 3 aromatic rings. The van der Waals surface area contributed by atoms with Gasteiger partial charge in [-0.2, -0.15) is 9.40 Å². The lowest BCUT2D eigenvalue weighted by Gasteiger charge is -2.31. The summed E-state index contributed by atoms with van der Waals surface area (Å²) >= 11 is 0. The smallest absolute Gasteiger partial charge is 0.243 e. The number of piperazine rings is 1. The normalized spacial score (nSPS) is 15.5. The number of nitrogens with one attached hydrogen (secondary N) is 1. The van der Waals surface area contributed by atoms with Gasteiger partial charge in [0.25, 0.3) is 0 Å². The first-order chi connectivity index (χ1) is 15.4. The van der Waals surface area contributed by atoms with Crippen molar-refractivity contribution in [2.45, 2.75) is 17.7 Å². The highest BCUT2D eigenvalue weighted by molar-refractivity contribution is 7.89. The Morgan fingerprint density at radius 3 is 2.53 bits per heavy atom. The first kappa shape index (κ1) is 22.2. The van der Waals surface area contributed by atoms with Gasteiger partial charge in [-0.3, -0.25) is 4.79 Å². The largest absolute Gasteiger partial charge is 0.326 e. The van der Waals surface area contributed by atoms with Gasteiger partial charge in [0.15, 0.2) is 0 Å². The summed E-state index contributed by atoms with van der Waals surface area (Å²) in [5.41, 5.74) is 2.39. The molecule has 1 aliphatic heterocycles. The van der Waals surface area contributed by atoms with Gasteiger partial charge in [0.1, 0.15) is 0 Å². The van der Waals surface area contributed by atoms with Crippen LogP contribution in [-0.4, -0.2) is 66.5 Å². The third-order valence-electron chi connectivity index (χ3n) is 5.52. The average Bonchev–Trinajstić information content (AvgIpc) is 3.28. The zero-order valence-corrected chi connectivity index (χ0v) is 18.8. The van der Waals surface area contributed by atoms with Crippen molar-refractivity contribution >= 4 is 21.6 Å². The summed E-state index contributed by atoms with van der Waals surface area (Å²) in [6.07, 6.45) is 4.48. The Hall–Kier alpha value is -3.01. The van der Waals surface area contributed by atoms with Crippen LogP contribution < -0.4 is 5.32 Å². The maximum Gasteiger partial charge on any atom is 0.243 e. The van der Waals surface area contributed by atoms with Gasteiger partial charge in [0, 0.05) is 44.5 Å². The Morgan fingerprint density at radius 2 is 1.78 bits per heavy atom. The number of carbonyl (C=O) groups is 1. The molecule has 2 aromatic carbocycles. The molecule has 0 saturated carbocycles. The number of aromatic nitrogens is 2. The van der Waals surface area contributed by atoms with E-state index in [9.17, 15) is 13.2 Å². The molecule has 0 atom stereocenters. The molecule has 9 heteroatoms. The Morgan fingerprint density at radius 1 is 1.03 bits per heavy atom. The number of benzene rings is 2. The summed E-state index contributed by atoms with van der Waals surface area (Å²) in [6, 6.07) is 16.2. The topological polar surface area (TPSA) is 87.5 Å². The summed E-state index contributed by atoms with van der Waals surface area (Å²) < 4.78 is 29.2. The van der Waals surface area contributed by atoms with Crippen molar-refractivity contribution in [3.8, 4) is 5.69 Å². The van der Waals surface area contributed by atoms with E-state index in [-0.39, 0.29) is 17.2 Å². The molecule has 0 radical (unpaired) electrons. The van der Waals surface area contributed by atoms with Crippen LogP contribution in [-0.2, 0) is 21.2 Å². The number of likely N-dealkylation sites (N-methyl/N-ethyl adjacent to an activating group) is 1. The summed E-state index contributed by atoms with van der Waals surface area (Å²) in [5, 5.41) is 7.16. The predicted octanol–water partition coefficient (Wildman–Crippen LogP) is 2.38. The third-order valence-corrected chi connectivity index (χ3v) is 7.41. The number of amides is 1. The summed E-state index contributed by atoms with van der Waals surface area (Å²) in [7, 11) is -1.60. The van der Waals surface area contributed by atoms with E-state index in [0.29, 0.717) is 38.3 Å². The van der Waals surface area contributed by atoms with Crippen LogP contribution in [0.4, 0.5) is 5.69 Å². The molecular weight excluding hydrogens is 426 g/mol. The molecule has 1 saturated heterocycles. The highest BCUT2D eigenvalue weighted by Crippen LogP contribution is 2.21. The lowest BCUT2D eigenvalue weighted by atomic mass is 10.2. The van der Waals surface area contributed by atoms with E-state index in [2.05, 4.69) is 15.3 Å². The van der Waals surface area contributed by atoms with Crippen molar-refractivity contribution in [2.24, 2.45) is 0 Å². The van der Waals surface area contributed by atoms with Crippen LogP contribution in [0.3, 0.4) is 0 Å². The van der Waals surface area contributed by atoms with Crippen LogP contribution >= 0.6 is 0 Å². The fourth-order valence-electron chi connectivity index (χ4n) is 3.60. The molecule has 4 rings (SSSR count). The maximum atomic E-state index is 12.9. The van der Waals surface area contributed by atoms with Gasteiger partial charge in [-0.1, -0.05) is 24.3 Å². The Balaban J connectivity index is 1.35. The highest BCUT2D eigenvalue weighted by atomic mass is 32.2. The van der Waals surface area contributed by atoms with Crippen molar-refractivity contribution in [2.75, 3.05) is 38.5 Å². The maximum absolute atomic E-state index is 12.9. The van der Waals surface area contributed by atoms with Gasteiger partial charge in [-0.25, -0.2) is 13.1 Å². The minimum atomic E-state index is -3.58.